The first kappa shape index (κ1) is 38.5. The van der Waals surface area contributed by atoms with Crippen molar-refractivity contribution in [3.8, 4) is 50.2 Å². The fourth-order valence-corrected chi connectivity index (χ4v) is 10.2. The first-order valence-corrected chi connectivity index (χ1v) is 22.9. The molecule has 0 atom stereocenters. The zero-order valence-electron chi connectivity index (χ0n) is 36.6. The van der Waals surface area contributed by atoms with Crippen LogP contribution < -0.4 is 4.90 Å². The predicted molar refractivity (Wildman–Crippen MR) is 282 cm³/mol. The lowest BCUT2D eigenvalue weighted by atomic mass is 9.98. The largest absolute Gasteiger partial charge is 0.455 e. The van der Waals surface area contributed by atoms with Crippen LogP contribution in [0.1, 0.15) is 0 Å². The Morgan fingerprint density at radius 1 is 0.313 bits per heavy atom. The van der Waals surface area contributed by atoms with Crippen LogP contribution in [0.25, 0.3) is 105 Å². The highest BCUT2D eigenvalue weighted by Crippen LogP contribution is 2.43. The van der Waals surface area contributed by atoms with E-state index in [1.807, 2.05) is 6.07 Å². The molecule has 3 heteroatoms. The number of nitrogens with zero attached hydrogens (tertiary/aromatic N) is 2. The van der Waals surface area contributed by atoms with Crippen molar-refractivity contribution in [3.63, 3.8) is 0 Å². The van der Waals surface area contributed by atoms with Crippen LogP contribution in [0.2, 0.25) is 0 Å². The van der Waals surface area contributed by atoms with E-state index in [0.29, 0.717) is 0 Å². The van der Waals surface area contributed by atoms with Crippen LogP contribution in [0, 0.1) is 0 Å². The molecule has 0 bridgehead atoms. The second-order valence-corrected chi connectivity index (χ2v) is 17.3. The van der Waals surface area contributed by atoms with Gasteiger partial charge in [0.1, 0.15) is 11.2 Å². The molecule has 0 aliphatic heterocycles. The topological polar surface area (TPSA) is 21.3 Å². The molecule has 0 spiro atoms. The summed E-state index contributed by atoms with van der Waals surface area (Å²) in [7, 11) is 0. The van der Waals surface area contributed by atoms with Gasteiger partial charge in [0.05, 0.1) is 11.0 Å². The van der Waals surface area contributed by atoms with E-state index >= 15 is 0 Å². The fourth-order valence-electron chi connectivity index (χ4n) is 10.2. The van der Waals surface area contributed by atoms with Crippen molar-refractivity contribution >= 4 is 71.6 Å². The third kappa shape index (κ3) is 6.67. The molecule has 0 aliphatic carbocycles. The Hall–Kier alpha value is -8.92. The van der Waals surface area contributed by atoms with Crippen molar-refractivity contribution in [3.05, 3.63) is 255 Å². The second-order valence-electron chi connectivity index (χ2n) is 17.3. The Bertz CT molecular complexity index is 3940. The van der Waals surface area contributed by atoms with E-state index in [4.69, 9.17) is 4.42 Å². The van der Waals surface area contributed by atoms with Crippen molar-refractivity contribution in [2.45, 2.75) is 0 Å². The highest BCUT2D eigenvalue weighted by Gasteiger charge is 2.19. The molecule has 2 aromatic heterocycles. The predicted octanol–water partition coefficient (Wildman–Crippen LogP) is 18.0. The van der Waals surface area contributed by atoms with E-state index < -0.39 is 0 Å². The zero-order valence-corrected chi connectivity index (χ0v) is 36.6. The summed E-state index contributed by atoms with van der Waals surface area (Å²) in [6, 6.07) is 91.8. The summed E-state index contributed by atoms with van der Waals surface area (Å²) in [5.41, 5.74) is 17.9. The van der Waals surface area contributed by atoms with Crippen LogP contribution in [0.15, 0.2) is 259 Å². The van der Waals surface area contributed by atoms with E-state index in [0.717, 1.165) is 66.9 Å². The van der Waals surface area contributed by atoms with Crippen LogP contribution in [0.3, 0.4) is 0 Å². The highest BCUT2D eigenvalue weighted by atomic mass is 16.3. The molecule has 13 rings (SSSR count). The number of aromatic nitrogens is 1. The van der Waals surface area contributed by atoms with Crippen molar-refractivity contribution in [1.29, 1.82) is 0 Å². The second kappa shape index (κ2) is 16.0. The standard InChI is InChI=1S/C64H42N2O/c1-3-14-46(15-4-1)56-21-11-22-57-59-42-50(33-40-62(59)67-64(56)57)45-29-36-53(37-30-45)65(52-34-27-44(28-35-52)49-26-25-43-13-7-8-16-48(43)41-49)54-38-31-47(32-39-54)55-20-12-24-61-63(55)58-19-9-10-23-60(58)66(61)51-17-5-2-6-18-51/h1-42H. The first-order valence-electron chi connectivity index (χ1n) is 22.9. The Kier molecular flexibility index (Phi) is 9.17. The maximum absolute atomic E-state index is 6.52. The molecule has 0 saturated carbocycles. The Balaban J connectivity index is 0.891. The molecule has 13 aromatic rings. The minimum atomic E-state index is 0.888. The normalized spacial score (nSPS) is 11.6. The van der Waals surface area contributed by atoms with Gasteiger partial charge in [0, 0.05) is 49.9 Å². The molecule has 0 aliphatic rings. The molecular formula is C64H42N2O. The average Bonchev–Trinajstić information content (AvgIpc) is 3.96. The van der Waals surface area contributed by atoms with Gasteiger partial charge in [-0.05, 0) is 129 Å². The average molecular weight is 855 g/mol. The van der Waals surface area contributed by atoms with E-state index in [9.17, 15) is 0 Å². The highest BCUT2D eigenvalue weighted by molar-refractivity contribution is 6.16. The summed E-state index contributed by atoms with van der Waals surface area (Å²) in [6.45, 7) is 0. The quantitative estimate of drug-likeness (QED) is 0.152. The molecule has 0 N–H and O–H groups in total. The van der Waals surface area contributed by atoms with E-state index in [2.05, 4.69) is 258 Å². The van der Waals surface area contributed by atoms with E-state index in [1.165, 1.54) is 54.8 Å². The van der Waals surface area contributed by atoms with Gasteiger partial charge in [-0.15, -0.1) is 0 Å². The summed E-state index contributed by atoms with van der Waals surface area (Å²) < 4.78 is 8.90. The first-order chi connectivity index (χ1) is 33.2. The molecule has 2 heterocycles. The lowest BCUT2D eigenvalue weighted by Gasteiger charge is -2.26. The van der Waals surface area contributed by atoms with Crippen LogP contribution in [-0.4, -0.2) is 4.57 Å². The third-order valence-corrected chi connectivity index (χ3v) is 13.4. The maximum atomic E-state index is 6.52. The van der Waals surface area contributed by atoms with Crippen molar-refractivity contribution in [2.24, 2.45) is 0 Å². The van der Waals surface area contributed by atoms with Crippen molar-refractivity contribution in [2.75, 3.05) is 4.90 Å². The molecule has 3 nitrogen and oxygen atoms in total. The lowest BCUT2D eigenvalue weighted by molar-refractivity contribution is 0.670. The smallest absolute Gasteiger partial charge is 0.143 e. The fraction of sp³-hybridized carbons (Fsp3) is 0. The third-order valence-electron chi connectivity index (χ3n) is 13.4. The monoisotopic (exact) mass is 854 g/mol. The number of anilines is 3. The van der Waals surface area contributed by atoms with Crippen LogP contribution in [0.5, 0.6) is 0 Å². The van der Waals surface area contributed by atoms with Gasteiger partial charge in [-0.2, -0.15) is 0 Å². The summed E-state index contributed by atoms with van der Waals surface area (Å²) in [5.74, 6) is 0. The van der Waals surface area contributed by atoms with Crippen LogP contribution in [-0.2, 0) is 0 Å². The Morgan fingerprint density at radius 2 is 0.836 bits per heavy atom. The van der Waals surface area contributed by atoms with Crippen molar-refractivity contribution < 1.29 is 4.42 Å². The SMILES string of the molecule is c1ccc(-c2cccc3c2oc2ccc(-c4ccc(N(c5ccc(-c6ccc7ccccc7c6)cc5)c5ccc(-c6cccc7c6c6ccccc6n7-c6ccccc6)cc5)cc4)cc23)cc1. The van der Waals surface area contributed by atoms with Crippen LogP contribution >= 0.6 is 0 Å². The zero-order chi connectivity index (χ0) is 44.3. The van der Waals surface area contributed by atoms with E-state index in [-0.39, 0.29) is 0 Å². The maximum Gasteiger partial charge on any atom is 0.143 e. The molecule has 0 radical (unpaired) electrons. The van der Waals surface area contributed by atoms with Crippen molar-refractivity contribution in [1.82, 2.24) is 4.57 Å². The molecule has 314 valence electrons. The van der Waals surface area contributed by atoms with Gasteiger partial charge in [-0.1, -0.05) is 176 Å². The molecule has 0 saturated heterocycles. The molecule has 0 amide bonds. The Morgan fingerprint density at radius 3 is 1.57 bits per heavy atom. The molecule has 67 heavy (non-hydrogen) atoms. The number of furan rings is 1. The van der Waals surface area contributed by atoms with Gasteiger partial charge in [-0.25, -0.2) is 0 Å². The number of para-hydroxylation sites is 3. The molecule has 0 unspecified atom stereocenters. The number of hydrogen-bond donors (Lipinski definition) is 0. The van der Waals surface area contributed by atoms with Gasteiger partial charge >= 0.3 is 0 Å². The van der Waals surface area contributed by atoms with Gasteiger partial charge in [0.2, 0.25) is 0 Å². The number of fused-ring (bicyclic) bond motifs is 7. The Labute approximate surface area is 388 Å². The van der Waals surface area contributed by atoms with E-state index in [1.54, 1.807) is 0 Å². The van der Waals surface area contributed by atoms with Gasteiger partial charge < -0.3 is 13.9 Å². The summed E-state index contributed by atoms with van der Waals surface area (Å²) >= 11 is 0. The number of hydrogen-bond acceptors (Lipinski definition) is 2. The minimum absolute atomic E-state index is 0.888. The molecular weight excluding hydrogens is 813 g/mol. The van der Waals surface area contributed by atoms with Gasteiger partial charge in [0.25, 0.3) is 0 Å². The van der Waals surface area contributed by atoms with Crippen LogP contribution in [0.4, 0.5) is 17.1 Å². The minimum Gasteiger partial charge on any atom is -0.455 e. The number of benzene rings is 11. The summed E-state index contributed by atoms with van der Waals surface area (Å²) in [5, 5.41) is 7.21. The molecule has 0 fully saturated rings. The van der Waals surface area contributed by atoms with Gasteiger partial charge in [0.15, 0.2) is 0 Å². The summed E-state index contributed by atoms with van der Waals surface area (Å²) in [6.07, 6.45) is 0. The molecule has 11 aromatic carbocycles. The lowest BCUT2D eigenvalue weighted by Crippen LogP contribution is -2.09. The van der Waals surface area contributed by atoms with Gasteiger partial charge in [-0.3, -0.25) is 0 Å². The summed E-state index contributed by atoms with van der Waals surface area (Å²) in [4.78, 5) is 2.36. The number of rotatable bonds is 8.